The molecule has 1 aromatic carbocycles. The summed E-state index contributed by atoms with van der Waals surface area (Å²) in [5.41, 5.74) is 0.756. The van der Waals surface area contributed by atoms with E-state index in [0.29, 0.717) is 30.1 Å². The zero-order valence-corrected chi connectivity index (χ0v) is 9.08. The maximum absolute atomic E-state index is 9.50. The van der Waals surface area contributed by atoms with Crippen LogP contribution in [0.2, 0.25) is 0 Å². The first-order valence-electron chi connectivity index (χ1n) is 4.32. The molecule has 0 aromatic heterocycles. The fourth-order valence-corrected chi connectivity index (χ4v) is 1.62. The summed E-state index contributed by atoms with van der Waals surface area (Å²) in [7, 11) is 0. The van der Waals surface area contributed by atoms with Crippen molar-refractivity contribution in [3.8, 4) is 11.5 Å². The highest BCUT2D eigenvalue weighted by atomic mass is 79.9. The molecule has 1 heterocycles. The maximum Gasteiger partial charge on any atom is 0.334 e. The lowest BCUT2D eigenvalue weighted by molar-refractivity contribution is 0.171. The van der Waals surface area contributed by atoms with Crippen molar-refractivity contribution in [2.24, 2.45) is 0 Å². The average Bonchev–Trinajstić information content (AvgIpc) is 2.27. The van der Waals surface area contributed by atoms with Gasteiger partial charge >= 0.3 is 5.78 Å². The number of carbonyl (C=O) groups excluding carboxylic acids is 1. The van der Waals surface area contributed by atoms with Crippen molar-refractivity contribution < 1.29 is 14.3 Å². The average molecular weight is 258 g/mol. The molecule has 1 N–H and O–H groups in total. The van der Waals surface area contributed by atoms with Gasteiger partial charge in [-0.3, -0.25) is 4.79 Å². The first-order valence-corrected chi connectivity index (χ1v) is 5.44. The summed E-state index contributed by atoms with van der Waals surface area (Å²) < 4.78 is 10.8. The van der Waals surface area contributed by atoms with Gasteiger partial charge in [0.25, 0.3) is 0 Å². The van der Waals surface area contributed by atoms with E-state index >= 15 is 0 Å². The van der Waals surface area contributed by atoms with Crippen molar-refractivity contribution >= 4 is 21.7 Å². The summed E-state index contributed by atoms with van der Waals surface area (Å²) >= 11 is 3.19. The topological polar surface area (TPSA) is 39.9 Å². The molecule has 0 atom stereocenters. The van der Waals surface area contributed by atoms with Gasteiger partial charge in [0.1, 0.15) is 18.5 Å². The summed E-state index contributed by atoms with van der Waals surface area (Å²) in [5, 5.41) is 0.437. The van der Waals surface area contributed by atoms with Gasteiger partial charge in [-0.15, -0.1) is 0 Å². The molecule has 14 heavy (non-hydrogen) atoms. The van der Waals surface area contributed by atoms with E-state index in [4.69, 9.17) is 9.47 Å². The molecule has 2 rings (SSSR count). The molecule has 0 saturated carbocycles. The van der Waals surface area contributed by atoms with Crippen LogP contribution in [-0.4, -0.2) is 29.1 Å². The van der Waals surface area contributed by atoms with E-state index in [2.05, 4.69) is 15.9 Å². The highest BCUT2D eigenvalue weighted by Gasteiger charge is 2.16. The van der Waals surface area contributed by atoms with Crippen LogP contribution in [0.15, 0.2) is 18.2 Å². The minimum Gasteiger partial charge on any atom is -0.486 e. The van der Waals surface area contributed by atoms with Gasteiger partial charge in [0.05, 0.1) is 5.56 Å². The van der Waals surface area contributed by atoms with Crippen molar-refractivity contribution in [3.05, 3.63) is 23.8 Å². The molecule has 0 spiro atoms. The Labute approximate surface area is 90.1 Å². The van der Waals surface area contributed by atoms with Crippen molar-refractivity contribution in [3.63, 3.8) is 0 Å². The third-order valence-electron chi connectivity index (χ3n) is 2.00. The lowest BCUT2D eigenvalue weighted by Gasteiger charge is -2.17. The third-order valence-corrected chi connectivity index (χ3v) is 2.53. The molecule has 0 amide bonds. The van der Waals surface area contributed by atoms with Gasteiger partial charge in [0.2, 0.25) is 0 Å². The number of alkyl halides is 1. The summed E-state index contributed by atoms with van der Waals surface area (Å²) in [4.78, 5) is 9.50. The summed E-state index contributed by atoms with van der Waals surface area (Å²) in [6.07, 6.45) is 0. The quantitative estimate of drug-likeness (QED) is 0.460. The van der Waals surface area contributed by atoms with Crippen molar-refractivity contribution in [1.29, 1.82) is 0 Å². The first-order chi connectivity index (χ1) is 6.81. The minimum absolute atomic E-state index is 0.293. The van der Waals surface area contributed by atoms with Gasteiger partial charge in [0.15, 0.2) is 11.5 Å². The Hall–Kier alpha value is -1.03. The van der Waals surface area contributed by atoms with E-state index < -0.39 is 0 Å². The number of fused-ring (bicyclic) bond motifs is 1. The van der Waals surface area contributed by atoms with Gasteiger partial charge < -0.3 is 9.47 Å². The number of hydrogen-bond donors (Lipinski definition) is 0. The molecule has 1 aliphatic heterocycles. The summed E-state index contributed by atoms with van der Waals surface area (Å²) in [6, 6.07) is 5.40. The predicted octanol–water partition coefficient (Wildman–Crippen LogP) is 1.75. The SMILES string of the molecule is [OH+]=C(CBr)c1ccc2c(c1)OCCO2. The second kappa shape index (κ2) is 4.00. The minimum atomic E-state index is 0.293. The van der Waals surface area contributed by atoms with Crippen LogP contribution in [0.5, 0.6) is 11.5 Å². The Bertz CT molecular complexity index is 362. The summed E-state index contributed by atoms with van der Waals surface area (Å²) in [5.74, 6) is 1.73. The van der Waals surface area contributed by atoms with Crippen LogP contribution in [0.3, 0.4) is 0 Å². The summed E-state index contributed by atoms with van der Waals surface area (Å²) in [6.45, 7) is 1.14. The smallest absolute Gasteiger partial charge is 0.334 e. The predicted molar refractivity (Wildman–Crippen MR) is 57.3 cm³/mol. The Morgan fingerprint density at radius 3 is 2.71 bits per heavy atom. The van der Waals surface area contributed by atoms with E-state index in [1.54, 1.807) is 6.07 Å². The van der Waals surface area contributed by atoms with E-state index in [1.807, 2.05) is 12.1 Å². The second-order valence-corrected chi connectivity index (χ2v) is 3.50. The first kappa shape index (κ1) is 9.52. The second-order valence-electron chi connectivity index (χ2n) is 2.94. The van der Waals surface area contributed by atoms with Gasteiger partial charge in [-0.25, -0.2) is 0 Å². The monoisotopic (exact) mass is 257 g/mol. The number of benzene rings is 1. The van der Waals surface area contributed by atoms with Crippen molar-refractivity contribution in [1.82, 2.24) is 0 Å². The molecule has 4 heteroatoms. The molecule has 74 valence electrons. The maximum atomic E-state index is 9.50. The third kappa shape index (κ3) is 1.75. The molecule has 3 nitrogen and oxygen atoms in total. The van der Waals surface area contributed by atoms with Crippen LogP contribution in [0.1, 0.15) is 5.56 Å². The molecule has 0 radical (unpaired) electrons. The zero-order chi connectivity index (χ0) is 9.97. The van der Waals surface area contributed by atoms with E-state index in [0.717, 1.165) is 11.3 Å². The van der Waals surface area contributed by atoms with Gasteiger partial charge in [-0.05, 0) is 12.1 Å². The van der Waals surface area contributed by atoms with Crippen LogP contribution >= 0.6 is 15.9 Å². The molecule has 0 aliphatic carbocycles. The van der Waals surface area contributed by atoms with Gasteiger partial charge in [-0.2, -0.15) is 0 Å². The van der Waals surface area contributed by atoms with Gasteiger partial charge in [0, 0.05) is 6.07 Å². The highest BCUT2D eigenvalue weighted by Crippen LogP contribution is 2.30. The molecule has 0 saturated heterocycles. The van der Waals surface area contributed by atoms with Crippen molar-refractivity contribution in [2.45, 2.75) is 0 Å². The van der Waals surface area contributed by atoms with E-state index in [1.165, 1.54) is 0 Å². The Balaban J connectivity index is 2.33. The molecular weight excluding hydrogens is 248 g/mol. The van der Waals surface area contributed by atoms with Crippen LogP contribution in [0, 0.1) is 0 Å². The van der Waals surface area contributed by atoms with Gasteiger partial charge in [-0.1, -0.05) is 15.9 Å². The van der Waals surface area contributed by atoms with Crippen LogP contribution in [-0.2, 0) is 0 Å². The largest absolute Gasteiger partial charge is 0.486 e. The molecule has 0 unspecified atom stereocenters. The fourth-order valence-electron chi connectivity index (χ4n) is 1.30. The number of hydrogen-bond acceptors (Lipinski definition) is 2. The number of rotatable bonds is 2. The van der Waals surface area contributed by atoms with Crippen LogP contribution in [0.4, 0.5) is 0 Å². The lowest BCUT2D eigenvalue weighted by Crippen LogP contribution is -2.16. The van der Waals surface area contributed by atoms with E-state index in [9.17, 15) is 4.79 Å². The molecule has 1 aromatic rings. The van der Waals surface area contributed by atoms with Crippen LogP contribution in [0.25, 0.3) is 0 Å². The Morgan fingerprint density at radius 2 is 2.00 bits per heavy atom. The lowest BCUT2D eigenvalue weighted by atomic mass is 10.1. The molecule has 1 aliphatic rings. The Morgan fingerprint density at radius 1 is 1.29 bits per heavy atom. The number of halogens is 1. The molecule has 0 fully saturated rings. The normalized spacial score (nSPS) is 13.8. The fraction of sp³-hybridized carbons (Fsp3) is 0.300. The zero-order valence-electron chi connectivity index (χ0n) is 7.50. The number of ether oxygens (including phenoxy) is 2. The van der Waals surface area contributed by atoms with E-state index in [-0.39, 0.29) is 0 Å². The van der Waals surface area contributed by atoms with Crippen LogP contribution < -0.4 is 9.47 Å². The Kier molecular flexibility index (Phi) is 2.72. The standard InChI is InChI=1S/C10H9BrO3/c11-6-8(12)7-1-2-9-10(5-7)14-4-3-13-9/h1-2,5H,3-4,6H2/p+1. The molecular formula is C10H10BrO3+. The highest BCUT2D eigenvalue weighted by molar-refractivity contribution is 9.09. The molecule has 0 bridgehead atoms. The van der Waals surface area contributed by atoms with Crippen molar-refractivity contribution in [2.75, 3.05) is 18.5 Å². The number of ketones is 1.